The van der Waals surface area contributed by atoms with Gasteiger partial charge in [-0.3, -0.25) is 0 Å². The molecule has 0 aliphatic carbocycles. The summed E-state index contributed by atoms with van der Waals surface area (Å²) in [5.74, 6) is 1.22. The number of hydrogen-bond acceptors (Lipinski definition) is 3. The maximum absolute atomic E-state index is 6.38. The molecule has 2 rings (SSSR count). The van der Waals surface area contributed by atoms with Crippen molar-refractivity contribution in [2.24, 2.45) is 0 Å². The lowest BCUT2D eigenvalue weighted by Crippen LogP contribution is -2.18. The van der Waals surface area contributed by atoms with Crippen LogP contribution in [0.5, 0.6) is 11.5 Å². The minimum Gasteiger partial charge on any atom is -0.493 e. The van der Waals surface area contributed by atoms with Crippen LogP contribution in [0, 0.1) is 0 Å². The SMILES string of the molecule is COc1ccc(CN[C@H](C)c2ccccc2)c(Cl)c1OC. The number of hydrogen-bond donors (Lipinski definition) is 1. The van der Waals surface area contributed by atoms with Crippen molar-refractivity contribution in [3.05, 3.63) is 58.6 Å². The van der Waals surface area contributed by atoms with Crippen LogP contribution in [0.2, 0.25) is 5.02 Å². The van der Waals surface area contributed by atoms with Crippen molar-refractivity contribution >= 4 is 11.6 Å². The predicted octanol–water partition coefficient (Wildman–Crippen LogP) is 4.21. The zero-order valence-corrected chi connectivity index (χ0v) is 13.3. The van der Waals surface area contributed by atoms with Crippen LogP contribution in [-0.4, -0.2) is 14.2 Å². The highest BCUT2D eigenvalue weighted by atomic mass is 35.5. The maximum atomic E-state index is 6.38. The van der Waals surface area contributed by atoms with Crippen molar-refractivity contribution in [1.29, 1.82) is 0 Å². The molecular formula is C17H20ClNO2. The number of methoxy groups -OCH3 is 2. The van der Waals surface area contributed by atoms with E-state index in [1.165, 1.54) is 5.56 Å². The van der Waals surface area contributed by atoms with Crippen molar-refractivity contribution in [3.8, 4) is 11.5 Å². The molecular weight excluding hydrogens is 286 g/mol. The molecule has 3 nitrogen and oxygen atoms in total. The van der Waals surface area contributed by atoms with Gasteiger partial charge in [0.05, 0.1) is 19.2 Å². The molecule has 0 amide bonds. The third kappa shape index (κ3) is 3.69. The van der Waals surface area contributed by atoms with E-state index in [-0.39, 0.29) is 6.04 Å². The summed E-state index contributed by atoms with van der Waals surface area (Å²) in [5.41, 5.74) is 2.23. The summed E-state index contributed by atoms with van der Waals surface area (Å²) in [7, 11) is 3.19. The van der Waals surface area contributed by atoms with Crippen LogP contribution in [0.1, 0.15) is 24.1 Å². The fourth-order valence-corrected chi connectivity index (χ4v) is 2.49. The third-order valence-corrected chi connectivity index (χ3v) is 3.88. The number of rotatable bonds is 6. The van der Waals surface area contributed by atoms with E-state index in [4.69, 9.17) is 21.1 Å². The van der Waals surface area contributed by atoms with Gasteiger partial charge in [0.2, 0.25) is 0 Å². The van der Waals surface area contributed by atoms with Crippen molar-refractivity contribution < 1.29 is 9.47 Å². The highest BCUT2D eigenvalue weighted by Gasteiger charge is 2.13. The van der Waals surface area contributed by atoms with E-state index in [2.05, 4.69) is 24.4 Å². The van der Waals surface area contributed by atoms with Crippen molar-refractivity contribution in [3.63, 3.8) is 0 Å². The van der Waals surface area contributed by atoms with Gasteiger partial charge in [0.25, 0.3) is 0 Å². The maximum Gasteiger partial charge on any atom is 0.179 e. The van der Waals surface area contributed by atoms with Gasteiger partial charge in [-0.05, 0) is 24.1 Å². The van der Waals surface area contributed by atoms with Crippen molar-refractivity contribution in [2.75, 3.05) is 14.2 Å². The second-order valence-electron chi connectivity index (χ2n) is 4.79. The summed E-state index contributed by atoms with van der Waals surface area (Å²) in [5, 5.41) is 4.05. The van der Waals surface area contributed by atoms with Crippen molar-refractivity contribution in [2.45, 2.75) is 19.5 Å². The van der Waals surface area contributed by atoms with Gasteiger partial charge in [-0.25, -0.2) is 0 Å². The Balaban J connectivity index is 2.10. The first-order valence-corrected chi connectivity index (χ1v) is 7.22. The molecule has 1 atom stereocenters. The number of nitrogens with one attached hydrogen (secondary N) is 1. The summed E-state index contributed by atoms with van der Waals surface area (Å²) < 4.78 is 10.6. The molecule has 0 spiro atoms. The largest absolute Gasteiger partial charge is 0.493 e. The third-order valence-electron chi connectivity index (χ3n) is 3.46. The van der Waals surface area contributed by atoms with Crippen molar-refractivity contribution in [1.82, 2.24) is 5.32 Å². The fourth-order valence-electron chi connectivity index (χ4n) is 2.19. The van der Waals surface area contributed by atoms with Crippen LogP contribution >= 0.6 is 11.6 Å². The quantitative estimate of drug-likeness (QED) is 0.867. The summed E-state index contributed by atoms with van der Waals surface area (Å²) >= 11 is 6.38. The molecule has 0 aliphatic heterocycles. The van der Waals surface area contributed by atoms with E-state index < -0.39 is 0 Å². The number of benzene rings is 2. The molecule has 0 bridgehead atoms. The molecule has 0 unspecified atom stereocenters. The Bertz CT molecular complexity index is 587. The topological polar surface area (TPSA) is 30.5 Å². The van der Waals surface area contributed by atoms with Gasteiger partial charge >= 0.3 is 0 Å². The van der Waals surface area contributed by atoms with E-state index in [9.17, 15) is 0 Å². The molecule has 0 heterocycles. The van der Waals surface area contributed by atoms with Crippen LogP contribution < -0.4 is 14.8 Å². The molecule has 0 aromatic heterocycles. The lowest BCUT2D eigenvalue weighted by atomic mass is 10.1. The molecule has 112 valence electrons. The molecule has 2 aromatic rings. The number of halogens is 1. The first-order chi connectivity index (χ1) is 10.2. The minimum atomic E-state index is 0.246. The molecule has 2 aromatic carbocycles. The molecule has 0 saturated heterocycles. The Hall–Kier alpha value is -1.71. The number of ether oxygens (including phenoxy) is 2. The van der Waals surface area contributed by atoms with Gasteiger partial charge in [-0.15, -0.1) is 0 Å². The Labute approximate surface area is 130 Å². The Morgan fingerprint density at radius 3 is 2.38 bits per heavy atom. The summed E-state index contributed by atoms with van der Waals surface area (Å²) in [4.78, 5) is 0. The molecule has 0 saturated carbocycles. The molecule has 1 N–H and O–H groups in total. The van der Waals surface area contributed by atoms with Crippen LogP contribution in [0.25, 0.3) is 0 Å². The zero-order chi connectivity index (χ0) is 15.2. The van der Waals surface area contributed by atoms with Gasteiger partial charge in [-0.1, -0.05) is 48.0 Å². The predicted molar refractivity (Wildman–Crippen MR) is 86.3 cm³/mol. The van der Waals surface area contributed by atoms with E-state index in [0.29, 0.717) is 23.1 Å². The Morgan fingerprint density at radius 1 is 1.05 bits per heavy atom. The van der Waals surface area contributed by atoms with E-state index in [0.717, 1.165) is 5.56 Å². The average Bonchev–Trinajstić information content (AvgIpc) is 2.53. The summed E-state index contributed by atoms with van der Waals surface area (Å²) in [6.45, 7) is 2.79. The van der Waals surface area contributed by atoms with Gasteiger partial charge in [0.15, 0.2) is 11.5 Å². The van der Waals surface area contributed by atoms with Crippen LogP contribution in [-0.2, 0) is 6.54 Å². The molecule has 0 radical (unpaired) electrons. The smallest absolute Gasteiger partial charge is 0.179 e. The molecule has 21 heavy (non-hydrogen) atoms. The van der Waals surface area contributed by atoms with Gasteiger partial charge in [-0.2, -0.15) is 0 Å². The molecule has 4 heteroatoms. The first kappa shape index (κ1) is 15.7. The van der Waals surface area contributed by atoms with E-state index in [1.807, 2.05) is 30.3 Å². The molecule has 0 fully saturated rings. The standard InChI is InChI=1S/C17H20ClNO2/c1-12(13-7-5-4-6-8-13)19-11-14-9-10-15(20-2)17(21-3)16(14)18/h4-10,12,19H,11H2,1-3H3/t12-/m1/s1. The Morgan fingerprint density at radius 2 is 1.76 bits per heavy atom. The lowest BCUT2D eigenvalue weighted by molar-refractivity contribution is 0.354. The van der Waals surface area contributed by atoms with Gasteiger partial charge in [0.1, 0.15) is 0 Å². The fraction of sp³-hybridized carbons (Fsp3) is 0.294. The van der Waals surface area contributed by atoms with E-state index >= 15 is 0 Å². The minimum absolute atomic E-state index is 0.246. The van der Waals surface area contributed by atoms with Gasteiger partial charge < -0.3 is 14.8 Å². The highest BCUT2D eigenvalue weighted by molar-refractivity contribution is 6.33. The lowest BCUT2D eigenvalue weighted by Gasteiger charge is -2.17. The zero-order valence-electron chi connectivity index (χ0n) is 12.5. The van der Waals surface area contributed by atoms with Crippen LogP contribution in [0.3, 0.4) is 0 Å². The highest BCUT2D eigenvalue weighted by Crippen LogP contribution is 2.37. The van der Waals surface area contributed by atoms with Crippen LogP contribution in [0.4, 0.5) is 0 Å². The average molecular weight is 306 g/mol. The Kier molecular flexibility index (Phi) is 5.48. The first-order valence-electron chi connectivity index (χ1n) is 6.85. The second kappa shape index (κ2) is 7.34. The monoisotopic (exact) mass is 305 g/mol. The van der Waals surface area contributed by atoms with Crippen LogP contribution in [0.15, 0.2) is 42.5 Å². The normalized spacial score (nSPS) is 12.0. The van der Waals surface area contributed by atoms with E-state index in [1.54, 1.807) is 14.2 Å². The van der Waals surface area contributed by atoms with Gasteiger partial charge in [0, 0.05) is 12.6 Å². The second-order valence-corrected chi connectivity index (χ2v) is 5.17. The molecule has 0 aliphatic rings. The summed E-state index contributed by atoms with van der Waals surface area (Å²) in [6.07, 6.45) is 0. The summed E-state index contributed by atoms with van der Waals surface area (Å²) in [6, 6.07) is 14.4.